The molecule has 0 aliphatic carbocycles. The molecule has 0 amide bonds. The molecule has 1 heterocycles. The van der Waals surface area contributed by atoms with Gasteiger partial charge in [-0.15, -0.1) is 0 Å². The second-order valence-corrected chi connectivity index (χ2v) is 6.28. The summed E-state index contributed by atoms with van der Waals surface area (Å²) in [6.07, 6.45) is 0. The average molecular weight is 350 g/mol. The zero-order valence-corrected chi connectivity index (χ0v) is 15.7. The molecule has 0 spiro atoms. The minimum atomic E-state index is 0.626. The number of rotatable bonds is 14. The minimum Gasteiger partial charge on any atom is -0.378 e. The van der Waals surface area contributed by atoms with Crippen molar-refractivity contribution in [2.75, 3.05) is 84.8 Å². The predicted octanol–water partition coefficient (Wildman–Crippen LogP) is 0.539. The maximum atomic E-state index is 5.63. The van der Waals surface area contributed by atoms with E-state index in [0.717, 1.165) is 32.8 Å². The zero-order valence-electron chi connectivity index (χ0n) is 14.8. The van der Waals surface area contributed by atoms with E-state index in [1.807, 2.05) is 0 Å². The number of thiol groups is 1. The summed E-state index contributed by atoms with van der Waals surface area (Å²) < 4.78 is 16.5. The van der Waals surface area contributed by atoms with E-state index in [1.54, 1.807) is 0 Å². The summed E-state index contributed by atoms with van der Waals surface area (Å²) >= 11 is 4.05. The van der Waals surface area contributed by atoms with Crippen LogP contribution in [0.25, 0.3) is 0 Å². The summed E-state index contributed by atoms with van der Waals surface area (Å²) in [5, 5.41) is 3.08. The summed E-state index contributed by atoms with van der Waals surface area (Å²) in [5.41, 5.74) is 0. The van der Waals surface area contributed by atoms with Crippen molar-refractivity contribution in [2.24, 2.45) is 0 Å². The van der Waals surface area contributed by atoms with Crippen LogP contribution in [0.4, 0.5) is 0 Å². The van der Waals surface area contributed by atoms with E-state index in [0.29, 0.717) is 45.0 Å². The van der Waals surface area contributed by atoms with Gasteiger partial charge in [0.1, 0.15) is 0 Å². The van der Waals surface area contributed by atoms with Crippen molar-refractivity contribution < 1.29 is 14.2 Å². The van der Waals surface area contributed by atoms with Crippen molar-refractivity contribution in [3.05, 3.63) is 0 Å². The van der Waals surface area contributed by atoms with Crippen LogP contribution in [0.2, 0.25) is 0 Å². The topological polar surface area (TPSA) is 46.2 Å². The Bertz CT molecular complexity index is 265. The normalized spacial score (nSPS) is 17.2. The largest absolute Gasteiger partial charge is 0.378 e. The molecule has 7 heteroatoms. The fraction of sp³-hybridized carbons (Fsp3) is 1.00. The smallest absolute Gasteiger partial charge is 0.0701 e. The molecule has 0 aromatic rings. The Morgan fingerprint density at radius 1 is 0.870 bits per heavy atom. The predicted molar refractivity (Wildman–Crippen MR) is 97.5 cm³/mol. The van der Waals surface area contributed by atoms with Crippen LogP contribution in [-0.4, -0.2) is 101 Å². The van der Waals surface area contributed by atoms with Gasteiger partial charge in [-0.1, -0.05) is 0 Å². The van der Waals surface area contributed by atoms with Crippen molar-refractivity contribution in [2.45, 2.75) is 19.9 Å². The van der Waals surface area contributed by atoms with Gasteiger partial charge in [0.05, 0.1) is 39.6 Å². The van der Waals surface area contributed by atoms with Crippen molar-refractivity contribution in [3.63, 3.8) is 0 Å². The molecular formula is C16H35N3O3S. The molecule has 1 N–H and O–H groups in total. The molecule has 0 radical (unpaired) electrons. The highest BCUT2D eigenvalue weighted by Gasteiger charge is 2.17. The Hall–Kier alpha value is 0.110. The maximum Gasteiger partial charge on any atom is 0.0701 e. The van der Waals surface area contributed by atoms with Crippen LogP contribution < -0.4 is 5.32 Å². The fourth-order valence-electron chi connectivity index (χ4n) is 2.46. The third-order valence-electron chi connectivity index (χ3n) is 3.97. The third kappa shape index (κ3) is 11.3. The summed E-state index contributed by atoms with van der Waals surface area (Å²) in [7, 11) is 0. The molecule has 1 aliphatic rings. The van der Waals surface area contributed by atoms with E-state index in [-0.39, 0.29) is 0 Å². The van der Waals surface area contributed by atoms with Crippen molar-refractivity contribution in [1.29, 1.82) is 0 Å². The van der Waals surface area contributed by atoms with E-state index >= 15 is 0 Å². The average Bonchev–Trinajstić information content (AvgIpc) is 2.56. The molecule has 0 atom stereocenters. The Morgan fingerprint density at radius 3 is 2.00 bits per heavy atom. The molecule has 1 fully saturated rings. The lowest BCUT2D eigenvalue weighted by Crippen LogP contribution is -2.49. The highest BCUT2D eigenvalue weighted by molar-refractivity contribution is 7.80. The van der Waals surface area contributed by atoms with Gasteiger partial charge in [0.2, 0.25) is 0 Å². The lowest BCUT2D eigenvalue weighted by molar-refractivity contribution is 0.00770. The Kier molecular flexibility index (Phi) is 13.3. The molecule has 0 aromatic heterocycles. The summed E-state index contributed by atoms with van der Waals surface area (Å²) in [5.74, 6) is 0.685. The second kappa shape index (κ2) is 14.5. The number of hydrogen-bond donors (Lipinski definition) is 2. The molecule has 1 rings (SSSR count). The van der Waals surface area contributed by atoms with E-state index in [9.17, 15) is 0 Å². The van der Waals surface area contributed by atoms with Gasteiger partial charge in [-0.2, -0.15) is 12.6 Å². The van der Waals surface area contributed by atoms with Crippen molar-refractivity contribution in [1.82, 2.24) is 15.1 Å². The van der Waals surface area contributed by atoms with E-state index < -0.39 is 0 Å². The minimum absolute atomic E-state index is 0.626. The van der Waals surface area contributed by atoms with E-state index in [1.165, 1.54) is 13.1 Å². The van der Waals surface area contributed by atoms with Crippen molar-refractivity contribution >= 4 is 12.6 Å². The molecule has 0 saturated carbocycles. The van der Waals surface area contributed by atoms with E-state index in [2.05, 4.69) is 41.6 Å². The van der Waals surface area contributed by atoms with Crippen LogP contribution >= 0.6 is 12.6 Å². The van der Waals surface area contributed by atoms with Gasteiger partial charge < -0.3 is 19.5 Å². The number of hydrogen-bond acceptors (Lipinski definition) is 7. The standard InChI is InChI=1S/C16H35N3O3S/c1-16(2)19-6-4-18(5-7-19)8-10-21-12-14-22-13-11-20-9-3-17-15-23/h16-17,23H,3-15H2,1-2H3. The quantitative estimate of drug-likeness (QED) is 0.271. The molecule has 6 nitrogen and oxygen atoms in total. The van der Waals surface area contributed by atoms with Crippen LogP contribution in [0.3, 0.4) is 0 Å². The summed E-state index contributed by atoms with van der Waals surface area (Å²) in [6.45, 7) is 15.1. The first kappa shape index (κ1) is 21.2. The van der Waals surface area contributed by atoms with Crippen LogP contribution in [-0.2, 0) is 14.2 Å². The zero-order chi connectivity index (χ0) is 16.8. The molecule has 1 aliphatic heterocycles. The second-order valence-electron chi connectivity index (χ2n) is 5.97. The molecule has 0 bridgehead atoms. The molecule has 1 saturated heterocycles. The van der Waals surface area contributed by atoms with Crippen LogP contribution in [0.15, 0.2) is 0 Å². The lowest BCUT2D eigenvalue weighted by atomic mass is 10.2. The first-order chi connectivity index (χ1) is 11.2. The lowest BCUT2D eigenvalue weighted by Gasteiger charge is -2.36. The number of piperazine rings is 1. The van der Waals surface area contributed by atoms with Gasteiger partial charge >= 0.3 is 0 Å². The first-order valence-electron chi connectivity index (χ1n) is 8.75. The molecule has 0 unspecified atom stereocenters. The van der Waals surface area contributed by atoms with Crippen LogP contribution in [0.1, 0.15) is 13.8 Å². The Balaban J connectivity index is 1.78. The number of nitrogens with one attached hydrogen (secondary N) is 1. The van der Waals surface area contributed by atoms with Crippen LogP contribution in [0.5, 0.6) is 0 Å². The van der Waals surface area contributed by atoms with Crippen LogP contribution in [0, 0.1) is 0 Å². The van der Waals surface area contributed by atoms with Gasteiger partial charge in [0, 0.05) is 51.2 Å². The highest BCUT2D eigenvalue weighted by Crippen LogP contribution is 2.05. The number of nitrogens with zero attached hydrogens (tertiary/aromatic N) is 2. The molecule has 23 heavy (non-hydrogen) atoms. The Labute approximate surface area is 147 Å². The third-order valence-corrected chi connectivity index (χ3v) is 4.19. The molecular weight excluding hydrogens is 314 g/mol. The summed E-state index contributed by atoms with van der Waals surface area (Å²) in [6, 6.07) is 0.661. The van der Waals surface area contributed by atoms with Gasteiger partial charge in [-0.3, -0.25) is 9.80 Å². The first-order valence-corrected chi connectivity index (χ1v) is 9.38. The summed E-state index contributed by atoms with van der Waals surface area (Å²) in [4.78, 5) is 5.01. The fourth-order valence-corrected chi connectivity index (χ4v) is 2.62. The highest BCUT2D eigenvalue weighted by atomic mass is 32.1. The monoisotopic (exact) mass is 349 g/mol. The molecule has 0 aromatic carbocycles. The van der Waals surface area contributed by atoms with Gasteiger partial charge in [-0.25, -0.2) is 0 Å². The van der Waals surface area contributed by atoms with E-state index in [4.69, 9.17) is 14.2 Å². The van der Waals surface area contributed by atoms with Gasteiger partial charge in [0.25, 0.3) is 0 Å². The van der Waals surface area contributed by atoms with Gasteiger partial charge in [-0.05, 0) is 13.8 Å². The Morgan fingerprint density at radius 2 is 1.43 bits per heavy atom. The maximum absolute atomic E-state index is 5.63. The van der Waals surface area contributed by atoms with Gasteiger partial charge in [0.15, 0.2) is 0 Å². The molecule has 138 valence electrons. The van der Waals surface area contributed by atoms with Crippen molar-refractivity contribution in [3.8, 4) is 0 Å². The SMILES string of the molecule is CC(C)N1CCN(CCOCCOCCOCCNCS)CC1. The number of ether oxygens (including phenoxy) is 3.